The Labute approximate surface area is 218 Å². The quantitative estimate of drug-likeness (QED) is 0.434. The molecule has 1 fully saturated rings. The van der Waals surface area contributed by atoms with Crippen LogP contribution in [0.15, 0.2) is 42.0 Å². The second-order valence-corrected chi connectivity index (χ2v) is 12.4. The molecule has 1 amide bonds. The normalized spacial score (nSPS) is 22.1. The summed E-state index contributed by atoms with van der Waals surface area (Å²) in [6.07, 6.45) is 5.37. The fourth-order valence-electron chi connectivity index (χ4n) is 4.69. The van der Waals surface area contributed by atoms with Crippen molar-refractivity contribution in [1.29, 1.82) is 0 Å². The number of pyridine rings is 1. The highest BCUT2D eigenvalue weighted by molar-refractivity contribution is 7.90. The van der Waals surface area contributed by atoms with Gasteiger partial charge in [0.15, 0.2) is 0 Å². The summed E-state index contributed by atoms with van der Waals surface area (Å²) in [5, 5.41) is 4.34. The van der Waals surface area contributed by atoms with E-state index >= 15 is 0 Å². The third kappa shape index (κ3) is 6.56. The lowest BCUT2D eigenvalue weighted by atomic mass is 9.74. The number of carbonyl (C=O) groups is 1. The zero-order valence-corrected chi connectivity index (χ0v) is 22.0. The molecule has 1 aliphatic carbocycles. The number of nitrogens with one attached hydrogen (secondary N) is 1. The highest BCUT2D eigenvalue weighted by atomic mass is 32.2. The van der Waals surface area contributed by atoms with Crippen LogP contribution in [-0.2, 0) is 14.6 Å². The minimum Gasteiger partial charge on any atom is -0.375 e. The van der Waals surface area contributed by atoms with Crippen molar-refractivity contribution in [3.8, 4) is 10.6 Å². The topological polar surface area (TPSA) is 124 Å². The lowest BCUT2D eigenvalue weighted by Crippen LogP contribution is -2.47. The Kier molecular flexibility index (Phi) is 8.32. The number of hydrogen-bond acceptors (Lipinski definition) is 8. The van der Waals surface area contributed by atoms with Gasteiger partial charge in [-0.2, -0.15) is 0 Å². The molecule has 4 atom stereocenters. The van der Waals surface area contributed by atoms with Gasteiger partial charge in [-0.3, -0.25) is 9.78 Å². The summed E-state index contributed by atoms with van der Waals surface area (Å²) in [4.78, 5) is 21.2. The largest absolute Gasteiger partial charge is 0.375 e. The third-order valence-corrected chi connectivity index (χ3v) is 8.18. The monoisotopic (exact) mass is 550 g/mol. The maximum atomic E-state index is 14.1. The first-order chi connectivity index (χ1) is 17.5. The van der Waals surface area contributed by atoms with Gasteiger partial charge in [-0.25, -0.2) is 22.2 Å². The van der Waals surface area contributed by atoms with E-state index in [-0.39, 0.29) is 52.6 Å². The summed E-state index contributed by atoms with van der Waals surface area (Å²) in [5.41, 5.74) is 7.54. The Morgan fingerprint density at radius 1 is 1.24 bits per heavy atom. The van der Waals surface area contributed by atoms with E-state index in [9.17, 15) is 22.0 Å². The minimum absolute atomic E-state index is 0.0107. The van der Waals surface area contributed by atoms with Gasteiger partial charge in [-0.05, 0) is 48.4 Å². The van der Waals surface area contributed by atoms with Crippen LogP contribution in [0.3, 0.4) is 0 Å². The van der Waals surface area contributed by atoms with Gasteiger partial charge in [0.05, 0.1) is 35.9 Å². The fourth-order valence-corrected chi connectivity index (χ4v) is 5.93. The van der Waals surface area contributed by atoms with Crippen molar-refractivity contribution in [2.75, 3.05) is 23.9 Å². The van der Waals surface area contributed by atoms with Gasteiger partial charge in [-0.1, -0.05) is 13.0 Å². The summed E-state index contributed by atoms with van der Waals surface area (Å²) in [6.45, 7) is 2.10. The Morgan fingerprint density at radius 3 is 2.65 bits per heavy atom. The fraction of sp³-hybridized carbons (Fsp3) is 0.400. The van der Waals surface area contributed by atoms with E-state index < -0.39 is 27.4 Å². The average molecular weight is 551 g/mol. The predicted octanol–water partition coefficient (Wildman–Crippen LogP) is 4.01. The van der Waals surface area contributed by atoms with E-state index in [2.05, 4.69) is 15.3 Å². The molecule has 0 aliphatic heterocycles. The molecule has 0 radical (unpaired) electrons. The van der Waals surface area contributed by atoms with Crippen molar-refractivity contribution in [1.82, 2.24) is 9.97 Å². The molecule has 37 heavy (non-hydrogen) atoms. The number of sulfone groups is 1. The van der Waals surface area contributed by atoms with Crippen molar-refractivity contribution in [3.63, 3.8) is 0 Å². The number of nitrogens with zero attached hydrogens (tertiary/aromatic N) is 2. The van der Waals surface area contributed by atoms with Gasteiger partial charge in [0.25, 0.3) is 5.91 Å². The molecule has 12 heteroatoms. The molecule has 3 N–H and O–H groups in total. The molecule has 2 heterocycles. The zero-order chi connectivity index (χ0) is 26.7. The molecule has 0 bridgehead atoms. The maximum Gasteiger partial charge on any atom is 0.275 e. The van der Waals surface area contributed by atoms with E-state index in [1.807, 2.05) is 13.0 Å². The van der Waals surface area contributed by atoms with Crippen LogP contribution in [0.5, 0.6) is 0 Å². The summed E-state index contributed by atoms with van der Waals surface area (Å²) in [7, 11) is -3.13. The number of aromatic nitrogens is 2. The highest BCUT2D eigenvalue weighted by Crippen LogP contribution is 2.39. The van der Waals surface area contributed by atoms with Gasteiger partial charge in [-0.15, -0.1) is 11.3 Å². The second-order valence-electron chi connectivity index (χ2n) is 9.33. The number of ether oxygens (including phenoxy) is 1. The lowest BCUT2D eigenvalue weighted by Gasteiger charge is -2.39. The van der Waals surface area contributed by atoms with Crippen LogP contribution in [-0.4, -0.2) is 55.1 Å². The van der Waals surface area contributed by atoms with Crippen LogP contribution in [0.1, 0.15) is 41.7 Å². The Hall–Kier alpha value is -2.80. The molecule has 0 spiro atoms. The molecule has 2 aromatic heterocycles. The van der Waals surface area contributed by atoms with Crippen molar-refractivity contribution in [2.45, 2.75) is 37.8 Å². The molecular weight excluding hydrogens is 522 g/mol. The SMILES string of the molecule is C[C@H]1C[C@@H](c2ccncc2NC(=O)c2csc(-c3c(F)cccc3F)n2)C[C@@H](N)[C@H]1OCCS(C)(=O)=O. The predicted molar refractivity (Wildman–Crippen MR) is 138 cm³/mol. The average Bonchev–Trinajstić information content (AvgIpc) is 3.30. The van der Waals surface area contributed by atoms with E-state index in [4.69, 9.17) is 10.5 Å². The number of nitrogens with two attached hydrogens (primary N) is 1. The van der Waals surface area contributed by atoms with E-state index in [1.165, 1.54) is 17.7 Å². The number of benzene rings is 1. The van der Waals surface area contributed by atoms with Gasteiger partial charge >= 0.3 is 0 Å². The van der Waals surface area contributed by atoms with Gasteiger partial charge in [0.2, 0.25) is 0 Å². The van der Waals surface area contributed by atoms with Gasteiger partial charge in [0.1, 0.15) is 32.2 Å². The lowest BCUT2D eigenvalue weighted by molar-refractivity contribution is -0.0152. The van der Waals surface area contributed by atoms with Gasteiger partial charge in [0, 0.05) is 23.9 Å². The smallest absolute Gasteiger partial charge is 0.275 e. The van der Waals surface area contributed by atoms with Crippen LogP contribution in [0.4, 0.5) is 14.5 Å². The van der Waals surface area contributed by atoms with Crippen molar-refractivity contribution >= 4 is 32.8 Å². The molecular formula is C25H28F2N4O4S2. The van der Waals surface area contributed by atoms with E-state index in [1.54, 1.807) is 12.4 Å². The number of carbonyl (C=O) groups excluding carboxylic acids is 1. The van der Waals surface area contributed by atoms with Crippen LogP contribution in [0.25, 0.3) is 10.6 Å². The third-order valence-electron chi connectivity index (χ3n) is 6.42. The molecule has 1 aromatic carbocycles. The van der Waals surface area contributed by atoms with Crippen molar-refractivity contribution in [3.05, 3.63) is 64.9 Å². The molecule has 8 nitrogen and oxygen atoms in total. The van der Waals surface area contributed by atoms with Gasteiger partial charge < -0.3 is 15.8 Å². The van der Waals surface area contributed by atoms with Crippen molar-refractivity contribution in [2.24, 2.45) is 11.7 Å². The van der Waals surface area contributed by atoms with Crippen LogP contribution < -0.4 is 11.1 Å². The summed E-state index contributed by atoms with van der Waals surface area (Å²) in [6, 6.07) is 5.05. The number of hydrogen-bond donors (Lipinski definition) is 2. The van der Waals surface area contributed by atoms with Crippen LogP contribution in [0.2, 0.25) is 0 Å². The van der Waals surface area contributed by atoms with E-state index in [0.717, 1.165) is 35.5 Å². The molecule has 3 aromatic rings. The zero-order valence-electron chi connectivity index (χ0n) is 20.4. The Balaban J connectivity index is 1.47. The maximum absolute atomic E-state index is 14.1. The number of amides is 1. The first kappa shape index (κ1) is 27.2. The number of rotatable bonds is 8. The number of thiazole rings is 1. The standard InChI is InChI=1S/C25H28F2N4O4S2/c1-14-10-15(11-19(28)23(14)35-8-9-37(2,33)34)16-6-7-29-12-20(16)30-24(32)21-13-36-25(31-21)22-17(26)4-3-5-18(22)27/h3-7,12-15,19,23H,8-11,28H2,1-2H3,(H,30,32)/t14-,15+,19+,23-/m0/s1. The van der Waals surface area contributed by atoms with Crippen molar-refractivity contribution < 1.29 is 26.7 Å². The Bertz CT molecular complexity index is 1350. The molecule has 4 rings (SSSR count). The summed E-state index contributed by atoms with van der Waals surface area (Å²) in [5.74, 6) is -2.02. The first-order valence-electron chi connectivity index (χ1n) is 11.7. The molecule has 198 valence electrons. The summed E-state index contributed by atoms with van der Waals surface area (Å²) < 4.78 is 56.9. The van der Waals surface area contributed by atoms with Crippen LogP contribution in [0, 0.1) is 17.6 Å². The minimum atomic E-state index is -3.13. The number of anilines is 1. The van der Waals surface area contributed by atoms with E-state index in [0.29, 0.717) is 12.1 Å². The highest BCUT2D eigenvalue weighted by Gasteiger charge is 2.36. The Morgan fingerprint density at radius 2 is 1.97 bits per heavy atom. The molecule has 1 aliphatic rings. The summed E-state index contributed by atoms with van der Waals surface area (Å²) >= 11 is 0.975. The molecule has 1 saturated carbocycles. The molecule has 0 saturated heterocycles. The second kappa shape index (κ2) is 11.3. The number of halogens is 2. The molecule has 0 unspecified atom stereocenters. The van der Waals surface area contributed by atoms with Crippen LogP contribution >= 0.6 is 11.3 Å². The first-order valence-corrected chi connectivity index (χ1v) is 14.7.